The summed E-state index contributed by atoms with van der Waals surface area (Å²) in [6.45, 7) is 6.84. The van der Waals surface area contributed by atoms with Crippen LogP contribution >= 0.6 is 0 Å². The van der Waals surface area contributed by atoms with Crippen molar-refractivity contribution in [2.24, 2.45) is 23.3 Å². The number of nitrogens with one attached hydrogen (secondary N) is 9. The second-order valence-corrected chi connectivity index (χ2v) is 23.9. The van der Waals surface area contributed by atoms with Crippen LogP contribution in [0.15, 0.2) is 109 Å². The van der Waals surface area contributed by atoms with Gasteiger partial charge in [0.25, 0.3) is 0 Å². The molecule has 6 rings (SSSR count). The van der Waals surface area contributed by atoms with Crippen LogP contribution in [0, 0.1) is 11.8 Å². The van der Waals surface area contributed by atoms with Crippen LogP contribution in [0.4, 0.5) is 0 Å². The van der Waals surface area contributed by atoms with Crippen molar-refractivity contribution in [1.29, 1.82) is 0 Å². The van der Waals surface area contributed by atoms with Gasteiger partial charge in [0, 0.05) is 32.2 Å². The maximum Gasteiger partial charge on any atom is 0.305 e. The van der Waals surface area contributed by atoms with Gasteiger partial charge in [-0.25, -0.2) is 0 Å². The zero-order valence-electron chi connectivity index (χ0n) is 51.9. The molecule has 2 aliphatic rings. The number of hydrogen-bond acceptors (Lipinski definition) is 15. The molecule has 27 heteroatoms. The Hall–Kier alpha value is -9.92. The molecule has 0 radical (unpaired) electrons. The number of benzene rings is 4. The van der Waals surface area contributed by atoms with E-state index in [0.29, 0.717) is 28.7 Å². The molecule has 4 aromatic carbocycles. The van der Waals surface area contributed by atoms with E-state index in [1.165, 1.54) is 41.3 Å². The lowest BCUT2D eigenvalue weighted by Gasteiger charge is -2.32. The monoisotopic (exact) mass is 1270 g/mol. The fourth-order valence-electron chi connectivity index (χ4n) is 10.8. The molecule has 0 bridgehead atoms. The van der Waals surface area contributed by atoms with E-state index in [2.05, 4.69) is 47.9 Å². The maximum atomic E-state index is 15.1. The predicted octanol–water partition coefficient (Wildman–Crippen LogP) is -0.473. The molecule has 0 unspecified atom stereocenters. The van der Waals surface area contributed by atoms with Crippen LogP contribution in [0.2, 0.25) is 0 Å². The van der Waals surface area contributed by atoms with Crippen LogP contribution in [0.3, 0.4) is 0 Å². The number of aliphatic carboxylic acids is 1. The summed E-state index contributed by atoms with van der Waals surface area (Å²) >= 11 is 0. The summed E-state index contributed by atoms with van der Waals surface area (Å²) in [4.78, 5) is 173. The van der Waals surface area contributed by atoms with Crippen LogP contribution in [0.25, 0.3) is 0 Å². The first-order valence-electron chi connectivity index (χ1n) is 30.7. The molecule has 92 heavy (non-hydrogen) atoms. The number of phenolic OH excluding ortho intramolecular Hbond substituents is 2. The van der Waals surface area contributed by atoms with Gasteiger partial charge in [-0.1, -0.05) is 113 Å². The van der Waals surface area contributed by atoms with Gasteiger partial charge in [-0.3, -0.25) is 57.5 Å². The van der Waals surface area contributed by atoms with Crippen molar-refractivity contribution in [3.05, 3.63) is 131 Å². The van der Waals surface area contributed by atoms with Crippen LogP contribution < -0.4 is 59.3 Å². The van der Waals surface area contributed by atoms with E-state index >= 15 is 4.79 Å². The molecule has 27 nitrogen and oxygen atoms in total. The highest BCUT2D eigenvalue weighted by Crippen LogP contribution is 2.23. The maximum absolute atomic E-state index is 15.1. The molecule has 0 spiro atoms. The Morgan fingerprint density at radius 3 is 1.32 bits per heavy atom. The standard InChI is InChI=1S/C65H84N12O15/c1-36(2)29-45-57(84)75-51(33-41-21-25-43(79)26-22-41)65(92)77-28-12-18-52(77)63(90)74-47(31-39-15-9-6-10-16-39)59(86)70-46(30-38-13-7-5-8-14-38)58(85)72-49(34-53(67)80)60(87)73-50(35-54(81)82)61(88)71-48(32-40-19-23-42(78)24-20-40)62(89)76-55(37(3)4)64(91)68-44(17-11-27-66)56(83)69-45/h5-10,13-16,19-26,36-37,44-52,55,78-79H,11-12,17-18,27-35,66H2,1-4H3,(H2,67,80)(H,68,91)(H,69,83)(H,70,86)(H,71,88)(H,72,85)(H,73,87)(H,74,90)(H,75,84)(H,76,89)(H,81,82)/t44-,45-,46+,47-,48-,49-,50+,51+,52-,55-/m0/s1. The summed E-state index contributed by atoms with van der Waals surface area (Å²) in [6, 6.07) is 12.7. The Morgan fingerprint density at radius 2 is 0.859 bits per heavy atom. The number of amides is 11. The van der Waals surface area contributed by atoms with Crippen molar-refractivity contribution in [2.75, 3.05) is 13.1 Å². The Balaban J connectivity index is 1.46. The zero-order chi connectivity index (χ0) is 67.2. The summed E-state index contributed by atoms with van der Waals surface area (Å²) in [5, 5.41) is 53.9. The van der Waals surface area contributed by atoms with Gasteiger partial charge in [-0.15, -0.1) is 0 Å². The third-order valence-electron chi connectivity index (χ3n) is 15.6. The molecular weight excluding hydrogens is 1190 g/mol. The molecule has 2 heterocycles. The van der Waals surface area contributed by atoms with E-state index in [9.17, 15) is 68.1 Å². The smallest absolute Gasteiger partial charge is 0.305 e. The highest BCUT2D eigenvalue weighted by molar-refractivity contribution is 6.01. The molecule has 4 aromatic rings. The van der Waals surface area contributed by atoms with Gasteiger partial charge in [0.15, 0.2) is 0 Å². The van der Waals surface area contributed by atoms with Crippen molar-refractivity contribution in [1.82, 2.24) is 52.8 Å². The Labute approximate surface area is 532 Å². The lowest BCUT2D eigenvalue weighted by atomic mass is 9.99. The minimum atomic E-state index is -2.03. The van der Waals surface area contributed by atoms with Gasteiger partial charge < -0.3 is 79.5 Å². The topological polar surface area (TPSA) is 429 Å². The molecular formula is C65H84N12O15. The minimum Gasteiger partial charge on any atom is -0.508 e. The number of rotatable bonds is 18. The third kappa shape index (κ3) is 21.7. The predicted molar refractivity (Wildman–Crippen MR) is 335 cm³/mol. The van der Waals surface area contributed by atoms with Gasteiger partial charge >= 0.3 is 5.97 Å². The minimum absolute atomic E-state index is 0.0203. The number of nitrogens with two attached hydrogens (primary N) is 2. The molecule has 2 aliphatic heterocycles. The first kappa shape index (κ1) is 71.2. The quantitative estimate of drug-likeness (QED) is 0.0599. The van der Waals surface area contributed by atoms with Gasteiger partial charge in [-0.2, -0.15) is 0 Å². The van der Waals surface area contributed by atoms with Gasteiger partial charge in [0.05, 0.1) is 12.8 Å². The van der Waals surface area contributed by atoms with Gasteiger partial charge in [-0.05, 0) is 97.0 Å². The van der Waals surface area contributed by atoms with Crippen molar-refractivity contribution in [2.45, 2.75) is 159 Å². The Morgan fingerprint density at radius 1 is 0.478 bits per heavy atom. The SMILES string of the molecule is CC(C)C[C@@H]1NC(=O)[C@H](CCCN)NC(=O)[C@H](C(C)C)NC(=O)[C@H](Cc2ccc(O)cc2)NC(=O)[C@@H](CC(=O)O)NC(=O)[C@H](CC(N)=O)NC(=O)[C@@H](Cc2ccccc2)NC(=O)[C@H](Cc2ccccc2)NC(=O)[C@@H]2CCCN2C(=O)[C@@H](Cc2ccc(O)cc2)NC1=O. The average molecular weight is 1270 g/mol. The van der Waals surface area contributed by atoms with Crippen molar-refractivity contribution >= 4 is 70.9 Å². The van der Waals surface area contributed by atoms with Gasteiger partial charge in [0.2, 0.25) is 65.0 Å². The number of carbonyl (C=O) groups excluding carboxylic acids is 11. The van der Waals surface area contributed by atoms with Crippen molar-refractivity contribution < 1.29 is 72.9 Å². The fourth-order valence-corrected chi connectivity index (χ4v) is 10.8. The number of carbonyl (C=O) groups is 12. The largest absolute Gasteiger partial charge is 0.508 e. The molecule has 16 N–H and O–H groups in total. The van der Waals surface area contributed by atoms with Gasteiger partial charge in [0.1, 0.15) is 71.9 Å². The summed E-state index contributed by atoms with van der Waals surface area (Å²) in [6.07, 6.45) is -2.42. The molecule has 2 fully saturated rings. The first-order valence-corrected chi connectivity index (χ1v) is 30.7. The Bertz CT molecular complexity index is 3240. The highest BCUT2D eigenvalue weighted by Gasteiger charge is 2.42. The fraction of sp³-hybridized carbons (Fsp3) is 0.446. The summed E-state index contributed by atoms with van der Waals surface area (Å²) in [5.74, 6) is -13.5. The van der Waals surface area contributed by atoms with Crippen LogP contribution in [0.1, 0.15) is 94.9 Å². The number of aromatic hydroxyl groups is 2. The second kappa shape index (κ2) is 34.3. The zero-order valence-corrected chi connectivity index (χ0v) is 51.9. The summed E-state index contributed by atoms with van der Waals surface area (Å²) in [7, 11) is 0. The van der Waals surface area contributed by atoms with Crippen LogP contribution in [-0.4, -0.2) is 165 Å². The molecule has 0 aromatic heterocycles. The Kier molecular flexibility index (Phi) is 26.5. The highest BCUT2D eigenvalue weighted by atomic mass is 16.4. The number of nitrogens with zero attached hydrogens (tertiary/aromatic N) is 1. The lowest BCUT2D eigenvalue weighted by molar-refractivity contribution is -0.142. The molecule has 10 atom stereocenters. The molecule has 494 valence electrons. The summed E-state index contributed by atoms with van der Waals surface area (Å²) < 4.78 is 0. The van der Waals surface area contributed by atoms with E-state index in [-0.39, 0.29) is 81.9 Å². The van der Waals surface area contributed by atoms with Crippen molar-refractivity contribution in [3.63, 3.8) is 0 Å². The number of phenols is 2. The number of primary amides is 1. The number of hydrogen-bond donors (Lipinski definition) is 14. The van der Waals surface area contributed by atoms with E-state index in [4.69, 9.17) is 11.5 Å². The normalized spacial score (nSPS) is 23.9. The lowest BCUT2D eigenvalue weighted by Crippen LogP contribution is -2.62. The van der Waals surface area contributed by atoms with Crippen molar-refractivity contribution in [3.8, 4) is 11.5 Å². The number of carboxylic acid groups (broad SMARTS) is 1. The van der Waals surface area contributed by atoms with E-state index < -0.39 is 150 Å². The molecule has 0 saturated carbocycles. The average Bonchev–Trinajstić information content (AvgIpc) is 1.56. The van der Waals surface area contributed by atoms with E-state index in [1.807, 2.05) is 0 Å². The first-order chi connectivity index (χ1) is 43.8. The van der Waals surface area contributed by atoms with Crippen LogP contribution in [0.5, 0.6) is 11.5 Å². The molecule has 2 saturated heterocycles. The summed E-state index contributed by atoms with van der Waals surface area (Å²) in [5.41, 5.74) is 13.4. The van der Waals surface area contributed by atoms with E-state index in [0.717, 1.165) is 0 Å². The molecule has 0 aliphatic carbocycles. The van der Waals surface area contributed by atoms with E-state index in [1.54, 1.807) is 100 Å². The third-order valence-corrected chi connectivity index (χ3v) is 15.6. The number of fused-ring (bicyclic) bond motifs is 1. The second-order valence-electron chi connectivity index (χ2n) is 23.9. The number of carboxylic acids is 1. The van der Waals surface area contributed by atoms with Crippen LogP contribution in [-0.2, 0) is 83.2 Å². The molecule has 11 amide bonds.